The molecule has 1 N–H and O–H groups in total. The summed E-state index contributed by atoms with van der Waals surface area (Å²) in [5, 5.41) is 3.72. The largest absolute Gasteiger partial charge is 0.436 e. The van der Waals surface area contributed by atoms with E-state index in [0.29, 0.717) is 44.7 Å². The van der Waals surface area contributed by atoms with E-state index < -0.39 is 0 Å². The van der Waals surface area contributed by atoms with Gasteiger partial charge in [-0.3, -0.25) is 4.79 Å². The third-order valence-corrected chi connectivity index (χ3v) is 4.43. The summed E-state index contributed by atoms with van der Waals surface area (Å²) in [7, 11) is 0. The Balaban J connectivity index is 1.89. The summed E-state index contributed by atoms with van der Waals surface area (Å²) in [5.41, 5.74) is 2.59. The number of fused-ring (bicyclic) bond motifs is 1. The van der Waals surface area contributed by atoms with Crippen LogP contribution >= 0.6 is 23.2 Å². The van der Waals surface area contributed by atoms with Crippen molar-refractivity contribution in [3.8, 4) is 11.5 Å². The zero-order chi connectivity index (χ0) is 17.1. The molecule has 0 spiro atoms. The molecule has 1 amide bonds. The molecule has 2 aromatic carbocycles. The van der Waals surface area contributed by atoms with Crippen LogP contribution in [0.5, 0.6) is 0 Å². The Hall–Kier alpha value is -2.04. The average molecular weight is 363 g/mol. The molecule has 0 aliphatic carbocycles. The predicted octanol–water partition coefficient (Wildman–Crippen LogP) is 5.93. The van der Waals surface area contributed by atoms with Gasteiger partial charge in [0.15, 0.2) is 5.58 Å². The molecular formula is C18H16Cl2N2O2. The number of rotatable bonds is 5. The van der Waals surface area contributed by atoms with E-state index in [-0.39, 0.29) is 5.91 Å². The smallest absolute Gasteiger partial charge is 0.228 e. The van der Waals surface area contributed by atoms with Gasteiger partial charge in [0, 0.05) is 12.1 Å². The Labute approximate surface area is 149 Å². The van der Waals surface area contributed by atoms with Crippen molar-refractivity contribution < 1.29 is 9.21 Å². The summed E-state index contributed by atoms with van der Waals surface area (Å²) < 4.78 is 5.75. The minimum atomic E-state index is -0.00203. The zero-order valence-corrected chi connectivity index (χ0v) is 14.6. The van der Waals surface area contributed by atoms with Crippen molar-refractivity contribution in [2.45, 2.75) is 26.2 Å². The van der Waals surface area contributed by atoms with Crippen molar-refractivity contribution in [1.82, 2.24) is 4.98 Å². The number of unbranched alkanes of at least 4 members (excludes halogenated alkanes) is 1. The number of hydrogen-bond donors (Lipinski definition) is 1. The van der Waals surface area contributed by atoms with E-state index in [9.17, 15) is 4.79 Å². The standard InChI is InChI=1S/C18H16Cl2N2O2/c1-2-3-7-16(23)21-11-8-9-15-14(10-11)22-18(24-15)12-5-4-6-13(19)17(12)20/h4-6,8-10H,2-3,7H2,1H3,(H,21,23). The van der Waals surface area contributed by atoms with Crippen molar-refractivity contribution in [2.24, 2.45) is 0 Å². The fourth-order valence-electron chi connectivity index (χ4n) is 2.35. The molecule has 6 heteroatoms. The number of hydrogen-bond acceptors (Lipinski definition) is 3. The highest BCUT2D eigenvalue weighted by Gasteiger charge is 2.14. The third kappa shape index (κ3) is 3.55. The molecule has 0 unspecified atom stereocenters. The van der Waals surface area contributed by atoms with Gasteiger partial charge in [-0.15, -0.1) is 0 Å². The zero-order valence-electron chi connectivity index (χ0n) is 13.1. The van der Waals surface area contributed by atoms with Gasteiger partial charge in [0.25, 0.3) is 0 Å². The van der Waals surface area contributed by atoms with Gasteiger partial charge in [0.2, 0.25) is 11.8 Å². The molecule has 0 saturated carbocycles. The molecule has 24 heavy (non-hydrogen) atoms. The molecule has 1 heterocycles. The number of aromatic nitrogens is 1. The van der Waals surface area contributed by atoms with Crippen LogP contribution in [-0.2, 0) is 4.79 Å². The van der Waals surface area contributed by atoms with Crippen molar-refractivity contribution in [1.29, 1.82) is 0 Å². The molecule has 0 aliphatic rings. The molecule has 0 aliphatic heterocycles. The van der Waals surface area contributed by atoms with E-state index in [1.807, 2.05) is 0 Å². The fraction of sp³-hybridized carbons (Fsp3) is 0.222. The van der Waals surface area contributed by atoms with Gasteiger partial charge in [-0.2, -0.15) is 0 Å². The Kier molecular flexibility index (Phi) is 5.07. The second-order valence-electron chi connectivity index (χ2n) is 5.45. The Bertz CT molecular complexity index is 890. The minimum absolute atomic E-state index is 0.00203. The van der Waals surface area contributed by atoms with E-state index >= 15 is 0 Å². The lowest BCUT2D eigenvalue weighted by atomic mass is 10.2. The van der Waals surface area contributed by atoms with Gasteiger partial charge >= 0.3 is 0 Å². The van der Waals surface area contributed by atoms with Crippen LogP contribution in [-0.4, -0.2) is 10.9 Å². The van der Waals surface area contributed by atoms with Crippen LogP contribution in [0.4, 0.5) is 5.69 Å². The maximum atomic E-state index is 11.8. The number of anilines is 1. The van der Waals surface area contributed by atoms with E-state index in [1.165, 1.54) is 0 Å². The number of nitrogens with zero attached hydrogens (tertiary/aromatic N) is 1. The number of nitrogens with one attached hydrogen (secondary N) is 1. The first kappa shape index (κ1) is 16.8. The molecule has 124 valence electrons. The van der Waals surface area contributed by atoms with Crippen molar-refractivity contribution in [3.05, 3.63) is 46.4 Å². The molecule has 0 radical (unpaired) electrons. The second-order valence-corrected chi connectivity index (χ2v) is 6.24. The van der Waals surface area contributed by atoms with Crippen LogP contribution in [0.2, 0.25) is 10.0 Å². The van der Waals surface area contributed by atoms with Crippen LogP contribution in [0.25, 0.3) is 22.6 Å². The highest BCUT2D eigenvalue weighted by atomic mass is 35.5. The first-order chi connectivity index (χ1) is 11.6. The van der Waals surface area contributed by atoms with Crippen LogP contribution < -0.4 is 5.32 Å². The molecule has 4 nitrogen and oxygen atoms in total. The molecule has 0 atom stereocenters. The summed E-state index contributed by atoms with van der Waals surface area (Å²) >= 11 is 12.3. The summed E-state index contributed by atoms with van der Waals surface area (Å²) in [6, 6.07) is 10.6. The molecule has 0 fully saturated rings. The summed E-state index contributed by atoms with van der Waals surface area (Å²) in [4.78, 5) is 16.3. The lowest BCUT2D eigenvalue weighted by molar-refractivity contribution is -0.116. The van der Waals surface area contributed by atoms with Gasteiger partial charge in [0.1, 0.15) is 5.52 Å². The maximum Gasteiger partial charge on any atom is 0.228 e. The lowest BCUT2D eigenvalue weighted by Gasteiger charge is -2.03. The van der Waals surface area contributed by atoms with E-state index in [0.717, 1.165) is 12.8 Å². The lowest BCUT2D eigenvalue weighted by Crippen LogP contribution is -2.10. The second kappa shape index (κ2) is 7.24. The SMILES string of the molecule is CCCCC(=O)Nc1ccc2oc(-c3cccc(Cl)c3Cl)nc2c1. The average Bonchev–Trinajstić information content (AvgIpc) is 2.98. The monoisotopic (exact) mass is 362 g/mol. The highest BCUT2D eigenvalue weighted by Crippen LogP contribution is 2.34. The number of halogens is 2. The van der Waals surface area contributed by atoms with E-state index in [2.05, 4.69) is 17.2 Å². The first-order valence-corrected chi connectivity index (χ1v) is 8.49. The van der Waals surface area contributed by atoms with Crippen LogP contribution in [0.15, 0.2) is 40.8 Å². The van der Waals surface area contributed by atoms with Crippen LogP contribution in [0.1, 0.15) is 26.2 Å². The number of carbonyl (C=O) groups excluding carboxylic acids is 1. The van der Waals surface area contributed by atoms with Crippen molar-refractivity contribution in [3.63, 3.8) is 0 Å². The minimum Gasteiger partial charge on any atom is -0.436 e. The quantitative estimate of drug-likeness (QED) is 0.611. The van der Waals surface area contributed by atoms with Crippen molar-refractivity contribution >= 4 is 45.9 Å². The number of carbonyl (C=O) groups is 1. The highest BCUT2D eigenvalue weighted by molar-refractivity contribution is 6.43. The van der Waals surface area contributed by atoms with Gasteiger partial charge in [-0.05, 0) is 36.8 Å². The normalized spacial score (nSPS) is 11.0. The van der Waals surface area contributed by atoms with Gasteiger partial charge < -0.3 is 9.73 Å². The number of amides is 1. The Morgan fingerprint density at radius 2 is 2.08 bits per heavy atom. The molecular weight excluding hydrogens is 347 g/mol. The van der Waals surface area contributed by atoms with Gasteiger partial charge in [-0.1, -0.05) is 42.6 Å². The summed E-state index contributed by atoms with van der Waals surface area (Å²) in [6.07, 6.45) is 2.37. The summed E-state index contributed by atoms with van der Waals surface area (Å²) in [5.74, 6) is 0.393. The Morgan fingerprint density at radius 1 is 1.25 bits per heavy atom. The number of benzene rings is 2. The third-order valence-electron chi connectivity index (χ3n) is 3.61. The Morgan fingerprint density at radius 3 is 2.88 bits per heavy atom. The molecule has 3 rings (SSSR count). The first-order valence-electron chi connectivity index (χ1n) is 7.73. The number of oxazole rings is 1. The predicted molar refractivity (Wildman–Crippen MR) is 97.6 cm³/mol. The van der Waals surface area contributed by atoms with Crippen LogP contribution in [0.3, 0.4) is 0 Å². The van der Waals surface area contributed by atoms with E-state index in [1.54, 1.807) is 36.4 Å². The van der Waals surface area contributed by atoms with Gasteiger partial charge in [0.05, 0.1) is 15.6 Å². The molecule has 0 bridgehead atoms. The molecule has 1 aromatic heterocycles. The molecule has 0 saturated heterocycles. The molecule has 3 aromatic rings. The van der Waals surface area contributed by atoms with Crippen LogP contribution in [0, 0.1) is 0 Å². The topological polar surface area (TPSA) is 55.1 Å². The fourth-order valence-corrected chi connectivity index (χ4v) is 2.73. The maximum absolute atomic E-state index is 11.8. The van der Waals surface area contributed by atoms with Gasteiger partial charge in [-0.25, -0.2) is 4.98 Å². The van der Waals surface area contributed by atoms with E-state index in [4.69, 9.17) is 27.6 Å². The summed E-state index contributed by atoms with van der Waals surface area (Å²) in [6.45, 7) is 2.05. The van der Waals surface area contributed by atoms with Crippen molar-refractivity contribution in [2.75, 3.05) is 5.32 Å².